The second-order valence-electron chi connectivity index (χ2n) is 5.64. The number of thiocarbonyl (C=S) groups is 1. The molecule has 0 saturated carbocycles. The van der Waals surface area contributed by atoms with E-state index in [1.165, 1.54) is 35.2 Å². The van der Waals surface area contributed by atoms with Gasteiger partial charge in [-0.25, -0.2) is 4.39 Å². The van der Waals surface area contributed by atoms with Crippen molar-refractivity contribution in [3.8, 4) is 11.5 Å². The van der Waals surface area contributed by atoms with E-state index in [1.54, 1.807) is 0 Å². The number of hydrogen-bond acceptors (Lipinski definition) is 7. The lowest BCUT2D eigenvalue weighted by Gasteiger charge is -2.14. The average molecular weight is 439 g/mol. The Morgan fingerprint density at radius 3 is 2.68 bits per heavy atom. The van der Waals surface area contributed by atoms with E-state index in [4.69, 9.17) is 33.3 Å². The first kappa shape index (κ1) is 18.7. The molecule has 142 valence electrons. The predicted octanol–water partition coefficient (Wildman–Crippen LogP) is 4.52. The second kappa shape index (κ2) is 7.04. The number of fused-ring (bicyclic) bond motifs is 1. The lowest BCUT2D eigenvalue weighted by atomic mass is 10.1. The number of nitro benzene ring substituents is 1. The highest BCUT2D eigenvalue weighted by atomic mass is 35.5. The number of thioether (sulfide) groups is 1. The monoisotopic (exact) mass is 438 g/mol. The van der Waals surface area contributed by atoms with Crippen LogP contribution in [0.25, 0.3) is 6.08 Å². The quantitative estimate of drug-likeness (QED) is 0.301. The molecule has 28 heavy (non-hydrogen) atoms. The first-order valence-corrected chi connectivity index (χ1v) is 9.26. The number of ether oxygens (including phenoxy) is 2. The van der Waals surface area contributed by atoms with Gasteiger partial charge in [0.05, 0.1) is 32.2 Å². The second-order valence-corrected chi connectivity index (χ2v) is 7.72. The van der Waals surface area contributed by atoms with Crippen LogP contribution in [0.1, 0.15) is 5.56 Å². The highest BCUT2D eigenvalue weighted by Gasteiger charge is 2.34. The lowest BCUT2D eigenvalue weighted by Crippen LogP contribution is -2.27. The van der Waals surface area contributed by atoms with Crippen molar-refractivity contribution in [2.24, 2.45) is 0 Å². The van der Waals surface area contributed by atoms with E-state index < -0.39 is 16.6 Å². The van der Waals surface area contributed by atoms with Crippen molar-refractivity contribution in [1.82, 2.24) is 0 Å². The lowest BCUT2D eigenvalue weighted by molar-refractivity contribution is -0.385. The van der Waals surface area contributed by atoms with Crippen molar-refractivity contribution in [3.05, 3.63) is 61.8 Å². The molecule has 0 bridgehead atoms. The van der Waals surface area contributed by atoms with Crippen molar-refractivity contribution in [1.29, 1.82) is 0 Å². The number of halogens is 2. The van der Waals surface area contributed by atoms with Crippen LogP contribution in [-0.4, -0.2) is 21.9 Å². The summed E-state index contributed by atoms with van der Waals surface area (Å²) >= 11 is 12.0. The summed E-state index contributed by atoms with van der Waals surface area (Å²) in [7, 11) is 0. The molecule has 0 aliphatic carbocycles. The fourth-order valence-electron chi connectivity index (χ4n) is 2.68. The summed E-state index contributed by atoms with van der Waals surface area (Å²) in [5.41, 5.74) is 0.240. The molecule has 4 rings (SSSR count). The maximum absolute atomic E-state index is 13.4. The molecular weight excluding hydrogens is 431 g/mol. The van der Waals surface area contributed by atoms with E-state index in [9.17, 15) is 19.3 Å². The number of nitrogens with zero attached hydrogens (tertiary/aromatic N) is 2. The van der Waals surface area contributed by atoms with Crippen LogP contribution >= 0.6 is 35.6 Å². The minimum Gasteiger partial charge on any atom is -0.454 e. The number of carbonyl (C=O) groups is 1. The van der Waals surface area contributed by atoms with Crippen molar-refractivity contribution >= 4 is 63.3 Å². The van der Waals surface area contributed by atoms with E-state index in [0.29, 0.717) is 11.4 Å². The Labute approximate surface area is 171 Å². The molecular formula is C17H8ClFN2O5S2. The normalized spacial score (nSPS) is 16.9. The summed E-state index contributed by atoms with van der Waals surface area (Å²) < 4.78 is 24.0. The summed E-state index contributed by atoms with van der Waals surface area (Å²) in [6.45, 7) is -0.0383. The zero-order chi connectivity index (χ0) is 20.0. The van der Waals surface area contributed by atoms with Crippen LogP contribution in [0.15, 0.2) is 35.2 Å². The molecule has 1 fully saturated rings. The van der Waals surface area contributed by atoms with Crippen LogP contribution in [0.5, 0.6) is 11.5 Å². The van der Waals surface area contributed by atoms with Gasteiger partial charge in [-0.15, -0.1) is 0 Å². The standard InChI is InChI=1S/C17H8ClFN2O5S2/c18-10-5-9(1-2-11(10)19)20-16(22)15(28-17(20)27)4-8-3-13-14(26-7-25-13)6-12(8)21(23)24/h1-6H,7H2/b15-4-. The van der Waals surface area contributed by atoms with E-state index in [1.807, 2.05) is 0 Å². The SMILES string of the molecule is O=C1/C(=C/c2cc3c(cc2[N+](=O)[O-])OCO3)SC(=S)N1c1ccc(F)c(Cl)c1. The third-order valence-corrected chi connectivity index (χ3v) is 5.55. The van der Waals surface area contributed by atoms with Gasteiger partial charge in [0.25, 0.3) is 11.6 Å². The topological polar surface area (TPSA) is 81.9 Å². The fourth-order valence-corrected chi connectivity index (χ4v) is 4.14. The molecule has 2 aliphatic rings. The van der Waals surface area contributed by atoms with E-state index in [2.05, 4.69) is 0 Å². The molecule has 2 aliphatic heterocycles. The van der Waals surface area contributed by atoms with Crippen LogP contribution in [0.2, 0.25) is 5.02 Å². The highest BCUT2D eigenvalue weighted by molar-refractivity contribution is 8.27. The van der Waals surface area contributed by atoms with Crippen LogP contribution < -0.4 is 14.4 Å². The first-order valence-electron chi connectivity index (χ1n) is 7.66. The zero-order valence-electron chi connectivity index (χ0n) is 13.7. The maximum atomic E-state index is 13.4. The van der Waals surface area contributed by atoms with Crippen molar-refractivity contribution in [2.75, 3.05) is 11.7 Å². The van der Waals surface area contributed by atoms with Gasteiger partial charge in [-0.05, 0) is 30.3 Å². The smallest absolute Gasteiger partial charge is 0.280 e. The Bertz CT molecular complexity index is 1090. The van der Waals surface area contributed by atoms with E-state index >= 15 is 0 Å². The molecule has 0 atom stereocenters. The Morgan fingerprint density at radius 1 is 1.29 bits per heavy atom. The Morgan fingerprint density at radius 2 is 2.00 bits per heavy atom. The third-order valence-electron chi connectivity index (χ3n) is 3.96. The Balaban J connectivity index is 1.74. The van der Waals surface area contributed by atoms with Crippen LogP contribution in [-0.2, 0) is 4.79 Å². The summed E-state index contributed by atoms with van der Waals surface area (Å²) in [5.74, 6) is -0.512. The largest absolute Gasteiger partial charge is 0.454 e. The number of hydrogen-bond donors (Lipinski definition) is 0. The summed E-state index contributed by atoms with van der Waals surface area (Å²) in [6, 6.07) is 6.46. The fraction of sp³-hybridized carbons (Fsp3) is 0.0588. The number of carbonyl (C=O) groups excluding carboxylic acids is 1. The van der Waals surface area contributed by atoms with Gasteiger partial charge in [-0.3, -0.25) is 19.8 Å². The zero-order valence-corrected chi connectivity index (χ0v) is 16.1. The number of anilines is 1. The molecule has 0 unspecified atom stereocenters. The number of rotatable bonds is 3. The van der Waals surface area contributed by atoms with Crippen LogP contribution in [0.3, 0.4) is 0 Å². The minimum absolute atomic E-state index is 0.0383. The molecule has 2 heterocycles. The minimum atomic E-state index is -0.623. The van der Waals surface area contributed by atoms with Gasteiger partial charge in [0.1, 0.15) is 5.82 Å². The van der Waals surface area contributed by atoms with Crippen molar-refractivity contribution < 1.29 is 23.6 Å². The summed E-state index contributed by atoms with van der Waals surface area (Å²) in [5, 5.41) is 11.2. The van der Waals surface area contributed by atoms with Gasteiger partial charge in [0.15, 0.2) is 15.8 Å². The highest BCUT2D eigenvalue weighted by Crippen LogP contribution is 2.42. The van der Waals surface area contributed by atoms with Crippen LogP contribution in [0, 0.1) is 15.9 Å². The molecule has 1 amide bonds. The summed E-state index contributed by atoms with van der Waals surface area (Å²) in [6.07, 6.45) is 1.37. The number of benzene rings is 2. The maximum Gasteiger partial charge on any atom is 0.280 e. The van der Waals surface area contributed by atoms with Gasteiger partial charge in [0, 0.05) is 0 Å². The summed E-state index contributed by atoms with van der Waals surface area (Å²) in [4.78, 5) is 25.0. The molecule has 0 spiro atoms. The molecule has 1 saturated heterocycles. The van der Waals surface area contributed by atoms with Gasteiger partial charge in [0.2, 0.25) is 6.79 Å². The predicted molar refractivity (Wildman–Crippen MR) is 106 cm³/mol. The molecule has 11 heteroatoms. The molecule has 0 aromatic heterocycles. The van der Waals surface area contributed by atoms with E-state index in [-0.39, 0.29) is 38.0 Å². The number of nitro groups is 1. The molecule has 2 aromatic carbocycles. The van der Waals surface area contributed by atoms with Gasteiger partial charge in [-0.2, -0.15) is 0 Å². The van der Waals surface area contributed by atoms with Gasteiger partial charge in [-0.1, -0.05) is 35.6 Å². The average Bonchev–Trinajstić information content (AvgIpc) is 3.21. The van der Waals surface area contributed by atoms with Gasteiger partial charge >= 0.3 is 0 Å². The van der Waals surface area contributed by atoms with Crippen molar-refractivity contribution in [2.45, 2.75) is 0 Å². The molecule has 7 nitrogen and oxygen atoms in total. The van der Waals surface area contributed by atoms with Crippen molar-refractivity contribution in [3.63, 3.8) is 0 Å². The Kier molecular flexibility index (Phi) is 4.69. The van der Waals surface area contributed by atoms with Gasteiger partial charge < -0.3 is 9.47 Å². The van der Waals surface area contributed by atoms with E-state index in [0.717, 1.165) is 17.8 Å². The molecule has 0 radical (unpaired) electrons. The molecule has 2 aromatic rings. The molecule has 0 N–H and O–H groups in total. The van der Waals surface area contributed by atoms with Crippen LogP contribution in [0.4, 0.5) is 15.8 Å². The first-order chi connectivity index (χ1) is 13.3. The Hall–Kier alpha value is -2.69. The third kappa shape index (κ3) is 3.19. The number of amides is 1.